The second kappa shape index (κ2) is 5.19. The van der Waals surface area contributed by atoms with Gasteiger partial charge in [0, 0.05) is 13.6 Å². The van der Waals surface area contributed by atoms with E-state index in [4.69, 9.17) is 11.6 Å². The highest BCUT2D eigenvalue weighted by Gasteiger charge is 2.16. The minimum atomic E-state index is 0.804. The zero-order valence-corrected chi connectivity index (χ0v) is 10.8. The average Bonchev–Trinajstić information content (AvgIpc) is 2.41. The summed E-state index contributed by atoms with van der Waals surface area (Å²) in [6.45, 7) is 3.86. The third kappa shape index (κ3) is 2.58. The van der Waals surface area contributed by atoms with Crippen LogP contribution in [0.15, 0.2) is 0 Å². The first-order chi connectivity index (χ1) is 7.68. The van der Waals surface area contributed by atoms with Crippen molar-refractivity contribution in [2.45, 2.75) is 39.2 Å². The summed E-state index contributed by atoms with van der Waals surface area (Å²) in [7, 11) is 1.95. The number of halogens is 1. The Morgan fingerprint density at radius 2 is 2.25 bits per heavy atom. The molecule has 0 spiro atoms. The molecule has 0 aliphatic heterocycles. The molecule has 1 fully saturated rings. The van der Waals surface area contributed by atoms with Crippen LogP contribution >= 0.6 is 11.6 Å². The van der Waals surface area contributed by atoms with Crippen LogP contribution in [0.5, 0.6) is 0 Å². The number of rotatable bonds is 5. The maximum atomic E-state index is 6.17. The van der Waals surface area contributed by atoms with Gasteiger partial charge in [0.15, 0.2) is 0 Å². The van der Waals surface area contributed by atoms with Gasteiger partial charge in [0.1, 0.15) is 0 Å². The third-order valence-electron chi connectivity index (χ3n) is 3.51. The van der Waals surface area contributed by atoms with Crippen molar-refractivity contribution in [2.75, 3.05) is 6.54 Å². The Morgan fingerprint density at radius 1 is 1.50 bits per heavy atom. The summed E-state index contributed by atoms with van der Waals surface area (Å²) in [5.41, 5.74) is 2.01. The molecule has 1 aromatic heterocycles. The van der Waals surface area contributed by atoms with Gasteiger partial charge >= 0.3 is 0 Å². The van der Waals surface area contributed by atoms with Gasteiger partial charge in [-0.1, -0.05) is 30.9 Å². The van der Waals surface area contributed by atoms with Crippen molar-refractivity contribution < 1.29 is 0 Å². The first-order valence-corrected chi connectivity index (χ1v) is 6.45. The standard InChI is InChI=1S/C12H20ClN3/c1-9-12(13)11(16(2)15-9)8-14-7-6-10-4-3-5-10/h10,14H,3-8H2,1-2H3. The number of aryl methyl sites for hydroxylation is 2. The molecule has 16 heavy (non-hydrogen) atoms. The fourth-order valence-electron chi connectivity index (χ4n) is 2.17. The predicted molar refractivity (Wildman–Crippen MR) is 66.6 cm³/mol. The molecule has 0 unspecified atom stereocenters. The minimum absolute atomic E-state index is 0.804. The number of nitrogens with one attached hydrogen (secondary N) is 1. The van der Waals surface area contributed by atoms with Crippen molar-refractivity contribution >= 4 is 11.6 Å². The molecule has 0 amide bonds. The van der Waals surface area contributed by atoms with E-state index in [1.165, 1.54) is 25.7 Å². The lowest BCUT2D eigenvalue weighted by Gasteiger charge is -2.25. The van der Waals surface area contributed by atoms with Crippen molar-refractivity contribution in [1.82, 2.24) is 15.1 Å². The largest absolute Gasteiger partial charge is 0.311 e. The lowest BCUT2D eigenvalue weighted by Crippen LogP contribution is -2.22. The molecule has 2 rings (SSSR count). The second-order valence-electron chi connectivity index (χ2n) is 4.73. The van der Waals surface area contributed by atoms with Crippen LogP contribution in [0.2, 0.25) is 5.02 Å². The Morgan fingerprint density at radius 3 is 2.75 bits per heavy atom. The van der Waals surface area contributed by atoms with Crippen molar-refractivity contribution in [3.63, 3.8) is 0 Å². The highest BCUT2D eigenvalue weighted by atomic mass is 35.5. The third-order valence-corrected chi connectivity index (χ3v) is 4.00. The van der Waals surface area contributed by atoms with Gasteiger partial charge in [-0.2, -0.15) is 5.10 Å². The Balaban J connectivity index is 1.75. The summed E-state index contributed by atoms with van der Waals surface area (Å²) in [5, 5.41) is 8.55. The molecule has 0 radical (unpaired) electrons. The van der Waals surface area contributed by atoms with Crippen LogP contribution < -0.4 is 5.32 Å². The zero-order chi connectivity index (χ0) is 11.5. The van der Waals surface area contributed by atoms with Crippen LogP contribution in [0, 0.1) is 12.8 Å². The highest BCUT2D eigenvalue weighted by Crippen LogP contribution is 2.28. The molecule has 0 aromatic carbocycles. The van der Waals surface area contributed by atoms with E-state index in [-0.39, 0.29) is 0 Å². The lowest BCUT2D eigenvalue weighted by molar-refractivity contribution is 0.291. The van der Waals surface area contributed by atoms with Crippen LogP contribution in [0.1, 0.15) is 37.1 Å². The van der Waals surface area contributed by atoms with Gasteiger partial charge in [0.05, 0.1) is 16.4 Å². The fraction of sp³-hybridized carbons (Fsp3) is 0.750. The summed E-state index contributed by atoms with van der Waals surface area (Å²) < 4.78 is 1.87. The number of aromatic nitrogens is 2. The Labute approximate surface area is 102 Å². The number of hydrogen-bond acceptors (Lipinski definition) is 2. The van der Waals surface area contributed by atoms with E-state index in [1.54, 1.807) is 0 Å². The Bertz CT molecular complexity index is 355. The van der Waals surface area contributed by atoms with E-state index in [2.05, 4.69) is 10.4 Å². The molecule has 1 aromatic rings. The molecular formula is C12H20ClN3. The van der Waals surface area contributed by atoms with Crippen molar-refractivity contribution in [3.05, 3.63) is 16.4 Å². The van der Waals surface area contributed by atoms with E-state index in [9.17, 15) is 0 Å². The number of hydrogen-bond donors (Lipinski definition) is 1. The van der Waals surface area contributed by atoms with Crippen LogP contribution in [0.25, 0.3) is 0 Å². The molecule has 1 heterocycles. The van der Waals surface area contributed by atoms with E-state index in [1.807, 2.05) is 18.7 Å². The molecule has 0 bridgehead atoms. The fourth-order valence-corrected chi connectivity index (χ4v) is 2.39. The van der Waals surface area contributed by atoms with Crippen LogP contribution in [-0.2, 0) is 13.6 Å². The molecule has 1 saturated carbocycles. The van der Waals surface area contributed by atoms with Gasteiger partial charge in [-0.25, -0.2) is 0 Å². The van der Waals surface area contributed by atoms with Crippen LogP contribution in [-0.4, -0.2) is 16.3 Å². The summed E-state index contributed by atoms with van der Waals surface area (Å²) in [6.07, 6.45) is 5.58. The summed E-state index contributed by atoms with van der Waals surface area (Å²) >= 11 is 6.17. The normalized spacial score (nSPS) is 16.4. The average molecular weight is 242 g/mol. The molecular weight excluding hydrogens is 222 g/mol. The molecule has 90 valence electrons. The molecule has 3 nitrogen and oxygen atoms in total. The first kappa shape index (κ1) is 11.9. The topological polar surface area (TPSA) is 29.9 Å². The van der Waals surface area contributed by atoms with Crippen molar-refractivity contribution in [1.29, 1.82) is 0 Å². The quantitative estimate of drug-likeness (QED) is 0.804. The van der Waals surface area contributed by atoms with Gasteiger partial charge in [-0.05, 0) is 25.8 Å². The zero-order valence-electron chi connectivity index (χ0n) is 10.1. The van der Waals surface area contributed by atoms with Crippen LogP contribution in [0.3, 0.4) is 0 Å². The SMILES string of the molecule is Cc1nn(C)c(CNCCC2CCC2)c1Cl. The highest BCUT2D eigenvalue weighted by molar-refractivity contribution is 6.31. The van der Waals surface area contributed by atoms with Crippen LogP contribution in [0.4, 0.5) is 0 Å². The Hall–Kier alpha value is -0.540. The molecule has 0 saturated heterocycles. The Kier molecular flexibility index (Phi) is 3.87. The van der Waals surface area contributed by atoms with E-state index in [0.717, 1.165) is 35.4 Å². The van der Waals surface area contributed by atoms with Gasteiger partial charge in [-0.3, -0.25) is 4.68 Å². The van der Waals surface area contributed by atoms with Crippen molar-refractivity contribution in [2.24, 2.45) is 13.0 Å². The second-order valence-corrected chi connectivity index (χ2v) is 5.11. The maximum absolute atomic E-state index is 6.17. The summed E-state index contributed by atoms with van der Waals surface area (Å²) in [6, 6.07) is 0. The lowest BCUT2D eigenvalue weighted by atomic mass is 9.83. The summed E-state index contributed by atoms with van der Waals surface area (Å²) in [4.78, 5) is 0. The molecule has 0 atom stereocenters. The van der Waals surface area contributed by atoms with E-state index in [0.29, 0.717) is 0 Å². The summed E-state index contributed by atoms with van der Waals surface area (Å²) in [5.74, 6) is 0.969. The molecule has 4 heteroatoms. The van der Waals surface area contributed by atoms with E-state index < -0.39 is 0 Å². The monoisotopic (exact) mass is 241 g/mol. The van der Waals surface area contributed by atoms with Gasteiger partial charge in [0.25, 0.3) is 0 Å². The van der Waals surface area contributed by atoms with Gasteiger partial charge in [-0.15, -0.1) is 0 Å². The molecule has 1 N–H and O–H groups in total. The molecule has 1 aliphatic carbocycles. The smallest absolute Gasteiger partial charge is 0.0860 e. The minimum Gasteiger partial charge on any atom is -0.311 e. The molecule has 1 aliphatic rings. The number of nitrogens with zero attached hydrogens (tertiary/aromatic N) is 2. The maximum Gasteiger partial charge on any atom is 0.0860 e. The van der Waals surface area contributed by atoms with Gasteiger partial charge in [0.2, 0.25) is 0 Å². The van der Waals surface area contributed by atoms with E-state index >= 15 is 0 Å². The van der Waals surface area contributed by atoms with Gasteiger partial charge < -0.3 is 5.32 Å². The van der Waals surface area contributed by atoms with Crippen molar-refractivity contribution in [3.8, 4) is 0 Å². The predicted octanol–water partition coefficient (Wildman–Crippen LogP) is 2.66. The first-order valence-electron chi connectivity index (χ1n) is 6.07.